The zero-order valence-corrected chi connectivity index (χ0v) is 10.4. The van der Waals surface area contributed by atoms with Gasteiger partial charge in [0.05, 0.1) is 11.6 Å². The molecule has 2 aromatic rings. The normalized spacial score (nSPS) is 10.1. The van der Waals surface area contributed by atoms with Crippen molar-refractivity contribution in [1.29, 1.82) is 0 Å². The molecule has 0 atom stereocenters. The molecule has 0 fully saturated rings. The number of nitrogens with zero attached hydrogens (tertiary/aromatic N) is 1. The Morgan fingerprint density at radius 2 is 1.94 bits per heavy atom. The van der Waals surface area contributed by atoms with E-state index in [0.717, 1.165) is 5.69 Å². The second kappa shape index (κ2) is 6.17. The Labute approximate surface area is 110 Å². The van der Waals surface area contributed by atoms with Crippen molar-refractivity contribution < 1.29 is 9.53 Å². The number of ether oxygens (including phenoxy) is 1. The molecule has 0 bridgehead atoms. The zero-order valence-electron chi connectivity index (χ0n) is 9.67. The highest BCUT2D eigenvalue weighted by atomic mass is 35.5. The molecule has 0 saturated heterocycles. The minimum Gasteiger partial charge on any atom is -0.487 e. The molecule has 0 saturated carbocycles. The number of carbonyl (C=O) groups is 1. The van der Waals surface area contributed by atoms with Crippen LogP contribution in [-0.2, 0) is 6.61 Å². The van der Waals surface area contributed by atoms with Crippen LogP contribution in [0.4, 0.5) is 0 Å². The van der Waals surface area contributed by atoms with Crippen LogP contribution in [0.3, 0.4) is 0 Å². The van der Waals surface area contributed by atoms with Gasteiger partial charge in [-0.2, -0.15) is 0 Å². The maximum atomic E-state index is 11.3. The summed E-state index contributed by atoms with van der Waals surface area (Å²) in [4.78, 5) is 15.5. The van der Waals surface area contributed by atoms with Crippen molar-refractivity contribution in [3.63, 3.8) is 0 Å². The van der Waals surface area contributed by atoms with Crippen LogP contribution in [0.25, 0.3) is 0 Å². The van der Waals surface area contributed by atoms with E-state index in [1.54, 1.807) is 30.5 Å². The van der Waals surface area contributed by atoms with Crippen molar-refractivity contribution in [3.05, 3.63) is 59.9 Å². The summed E-state index contributed by atoms with van der Waals surface area (Å²) in [6.45, 7) is 0.406. The summed E-state index contributed by atoms with van der Waals surface area (Å²) in [6.07, 6.45) is 1.72. The lowest BCUT2D eigenvalue weighted by atomic mass is 10.1. The van der Waals surface area contributed by atoms with Crippen molar-refractivity contribution in [2.45, 2.75) is 6.61 Å². The Bertz CT molecular complexity index is 511. The van der Waals surface area contributed by atoms with E-state index in [9.17, 15) is 4.79 Å². The second-order valence-corrected chi connectivity index (χ2v) is 3.96. The summed E-state index contributed by atoms with van der Waals surface area (Å²) in [6, 6.07) is 12.6. The predicted molar refractivity (Wildman–Crippen MR) is 70.1 cm³/mol. The lowest BCUT2D eigenvalue weighted by molar-refractivity contribution is 0.102. The molecular weight excluding hydrogens is 250 g/mol. The molecule has 0 aliphatic carbocycles. The number of hydrogen-bond acceptors (Lipinski definition) is 3. The number of aromatic nitrogens is 1. The van der Waals surface area contributed by atoms with Crippen molar-refractivity contribution >= 4 is 17.4 Å². The van der Waals surface area contributed by atoms with Crippen LogP contribution in [0.15, 0.2) is 48.7 Å². The first kappa shape index (κ1) is 12.6. The number of rotatable bonds is 5. The summed E-state index contributed by atoms with van der Waals surface area (Å²) in [5.41, 5.74) is 1.45. The number of carbonyl (C=O) groups excluding carboxylic acids is 1. The van der Waals surface area contributed by atoms with Gasteiger partial charge in [0, 0.05) is 11.8 Å². The van der Waals surface area contributed by atoms with Crippen LogP contribution in [0.2, 0.25) is 0 Å². The van der Waals surface area contributed by atoms with Gasteiger partial charge in [-0.1, -0.05) is 6.07 Å². The molecule has 4 heteroatoms. The van der Waals surface area contributed by atoms with Gasteiger partial charge in [-0.05, 0) is 36.4 Å². The maximum Gasteiger partial charge on any atom is 0.177 e. The van der Waals surface area contributed by atoms with E-state index < -0.39 is 0 Å². The molecule has 1 heterocycles. The molecule has 0 radical (unpaired) electrons. The van der Waals surface area contributed by atoms with Gasteiger partial charge < -0.3 is 4.74 Å². The number of hydrogen-bond donors (Lipinski definition) is 0. The average molecular weight is 262 g/mol. The van der Waals surface area contributed by atoms with Crippen molar-refractivity contribution in [3.8, 4) is 5.75 Å². The van der Waals surface area contributed by atoms with Gasteiger partial charge in [0.1, 0.15) is 12.4 Å². The number of benzene rings is 1. The third-order valence-corrected chi connectivity index (χ3v) is 2.65. The Morgan fingerprint density at radius 3 is 2.56 bits per heavy atom. The molecule has 2 rings (SSSR count). The zero-order chi connectivity index (χ0) is 12.8. The minimum absolute atomic E-state index is 0.00581. The fraction of sp³-hybridized carbons (Fsp3) is 0.143. The minimum atomic E-state index is -0.0899. The van der Waals surface area contributed by atoms with E-state index in [4.69, 9.17) is 16.3 Å². The number of pyridine rings is 1. The van der Waals surface area contributed by atoms with Gasteiger partial charge in [0.2, 0.25) is 0 Å². The van der Waals surface area contributed by atoms with E-state index in [1.165, 1.54) is 0 Å². The molecule has 0 N–H and O–H groups in total. The molecule has 0 aliphatic heterocycles. The largest absolute Gasteiger partial charge is 0.487 e. The van der Waals surface area contributed by atoms with E-state index >= 15 is 0 Å². The first-order chi connectivity index (χ1) is 8.79. The molecular formula is C14H12ClNO2. The summed E-state index contributed by atoms with van der Waals surface area (Å²) in [7, 11) is 0. The molecule has 0 amide bonds. The fourth-order valence-corrected chi connectivity index (χ4v) is 1.61. The van der Waals surface area contributed by atoms with Gasteiger partial charge in [-0.15, -0.1) is 11.6 Å². The predicted octanol–water partition coefficient (Wildman–Crippen LogP) is 3.08. The summed E-state index contributed by atoms with van der Waals surface area (Å²) in [5.74, 6) is 0.605. The van der Waals surface area contributed by atoms with Crippen LogP contribution < -0.4 is 4.74 Å². The Kier molecular flexibility index (Phi) is 4.31. The Balaban J connectivity index is 1.97. The molecule has 0 spiro atoms. The fourth-order valence-electron chi connectivity index (χ4n) is 1.45. The van der Waals surface area contributed by atoms with E-state index in [2.05, 4.69) is 4.98 Å². The second-order valence-electron chi connectivity index (χ2n) is 3.69. The van der Waals surface area contributed by atoms with Gasteiger partial charge >= 0.3 is 0 Å². The highest BCUT2D eigenvalue weighted by Crippen LogP contribution is 2.14. The number of halogens is 1. The van der Waals surface area contributed by atoms with E-state index in [0.29, 0.717) is 17.9 Å². The Hall–Kier alpha value is -1.87. The third-order valence-electron chi connectivity index (χ3n) is 2.41. The van der Waals surface area contributed by atoms with Gasteiger partial charge in [-0.25, -0.2) is 0 Å². The standard InChI is InChI=1S/C14H12ClNO2/c15-9-14(17)11-4-6-13(7-5-11)18-10-12-3-1-2-8-16-12/h1-8H,9-10H2. The highest BCUT2D eigenvalue weighted by Gasteiger charge is 2.03. The molecule has 1 aromatic heterocycles. The number of Topliss-reactive ketones (excluding diaryl/α,β-unsaturated/α-hetero) is 1. The molecule has 0 aliphatic rings. The van der Waals surface area contributed by atoms with Crippen LogP contribution in [0.5, 0.6) is 5.75 Å². The summed E-state index contributed by atoms with van der Waals surface area (Å²) >= 11 is 5.48. The van der Waals surface area contributed by atoms with Crippen LogP contribution in [0.1, 0.15) is 16.1 Å². The summed E-state index contributed by atoms with van der Waals surface area (Å²) in [5, 5.41) is 0. The molecule has 0 unspecified atom stereocenters. The first-order valence-corrected chi connectivity index (χ1v) is 6.05. The molecule has 3 nitrogen and oxygen atoms in total. The van der Waals surface area contributed by atoms with E-state index in [-0.39, 0.29) is 11.7 Å². The van der Waals surface area contributed by atoms with Gasteiger partial charge in [-0.3, -0.25) is 9.78 Å². The smallest absolute Gasteiger partial charge is 0.177 e. The monoisotopic (exact) mass is 261 g/mol. The number of ketones is 1. The Morgan fingerprint density at radius 1 is 1.17 bits per heavy atom. The molecule has 1 aromatic carbocycles. The van der Waals surface area contributed by atoms with Gasteiger partial charge in [0.15, 0.2) is 5.78 Å². The SMILES string of the molecule is O=C(CCl)c1ccc(OCc2ccccn2)cc1. The van der Waals surface area contributed by atoms with Crippen molar-refractivity contribution in [1.82, 2.24) is 4.98 Å². The van der Waals surface area contributed by atoms with Crippen molar-refractivity contribution in [2.75, 3.05) is 5.88 Å². The quantitative estimate of drug-likeness (QED) is 0.613. The first-order valence-electron chi connectivity index (χ1n) is 5.51. The molecule has 18 heavy (non-hydrogen) atoms. The highest BCUT2D eigenvalue weighted by molar-refractivity contribution is 6.30. The summed E-state index contributed by atoms with van der Waals surface area (Å²) < 4.78 is 5.55. The third kappa shape index (κ3) is 3.31. The van der Waals surface area contributed by atoms with E-state index in [1.807, 2.05) is 18.2 Å². The average Bonchev–Trinajstić information content (AvgIpc) is 2.46. The van der Waals surface area contributed by atoms with Crippen molar-refractivity contribution in [2.24, 2.45) is 0 Å². The van der Waals surface area contributed by atoms with Crippen LogP contribution in [-0.4, -0.2) is 16.6 Å². The van der Waals surface area contributed by atoms with Crippen LogP contribution >= 0.6 is 11.6 Å². The molecule has 92 valence electrons. The van der Waals surface area contributed by atoms with Crippen LogP contribution in [0, 0.1) is 0 Å². The number of alkyl halides is 1. The topological polar surface area (TPSA) is 39.2 Å². The van der Waals surface area contributed by atoms with Gasteiger partial charge in [0.25, 0.3) is 0 Å². The maximum absolute atomic E-state index is 11.3. The lowest BCUT2D eigenvalue weighted by Crippen LogP contribution is -2.01. The lowest BCUT2D eigenvalue weighted by Gasteiger charge is -2.06.